The Morgan fingerprint density at radius 2 is 2.30 bits per heavy atom. The van der Waals surface area contributed by atoms with Crippen LogP contribution in [0.2, 0.25) is 0 Å². The minimum atomic E-state index is 0.140. The minimum Gasteiger partial charge on any atom is -0.375 e. The third-order valence-corrected chi connectivity index (χ3v) is 5.50. The van der Waals surface area contributed by atoms with Crippen LogP contribution < -0.4 is 5.32 Å². The fourth-order valence-corrected chi connectivity index (χ4v) is 4.61. The first kappa shape index (κ1) is 14.4. The van der Waals surface area contributed by atoms with E-state index in [-0.39, 0.29) is 11.6 Å². The summed E-state index contributed by atoms with van der Waals surface area (Å²) in [4.78, 5) is 0. The number of hydrogen-bond donors (Lipinski definition) is 1. The second-order valence-corrected chi connectivity index (χ2v) is 7.25. The predicted molar refractivity (Wildman–Crippen MR) is 80.8 cm³/mol. The summed E-state index contributed by atoms with van der Waals surface area (Å²) in [5, 5.41) is 11.9. The van der Waals surface area contributed by atoms with Crippen molar-refractivity contribution in [3.8, 4) is 0 Å². The molecule has 2 saturated heterocycles. The molecule has 1 N–H and O–H groups in total. The maximum atomic E-state index is 6.15. The Morgan fingerprint density at radius 3 is 3.00 bits per heavy atom. The van der Waals surface area contributed by atoms with Crippen molar-refractivity contribution < 1.29 is 4.74 Å². The van der Waals surface area contributed by atoms with Gasteiger partial charge in [-0.2, -0.15) is 11.8 Å². The van der Waals surface area contributed by atoms with Gasteiger partial charge in [-0.25, -0.2) is 0 Å². The second kappa shape index (κ2) is 6.03. The highest BCUT2D eigenvalue weighted by molar-refractivity contribution is 7.99. The Balaban J connectivity index is 1.61. The normalized spacial score (nSPS) is 27.6. The van der Waals surface area contributed by atoms with Crippen molar-refractivity contribution in [3.63, 3.8) is 0 Å². The van der Waals surface area contributed by atoms with Crippen molar-refractivity contribution in [1.82, 2.24) is 20.1 Å². The molecular formula is C14H24N4OS. The molecular weight excluding hydrogens is 272 g/mol. The molecule has 5 nitrogen and oxygen atoms in total. The topological polar surface area (TPSA) is 52.0 Å². The first-order valence-corrected chi connectivity index (χ1v) is 8.66. The van der Waals surface area contributed by atoms with Crippen LogP contribution >= 0.6 is 11.8 Å². The molecule has 6 heteroatoms. The van der Waals surface area contributed by atoms with Crippen LogP contribution in [0.1, 0.15) is 44.5 Å². The summed E-state index contributed by atoms with van der Waals surface area (Å²) in [6.07, 6.45) is 6.40. The van der Waals surface area contributed by atoms with Crippen LogP contribution in [-0.4, -0.2) is 44.5 Å². The van der Waals surface area contributed by atoms with Gasteiger partial charge in [0, 0.05) is 19.7 Å². The number of ether oxygens (including phenoxy) is 1. The van der Waals surface area contributed by atoms with Gasteiger partial charge in [-0.3, -0.25) is 0 Å². The van der Waals surface area contributed by atoms with Crippen LogP contribution in [0.5, 0.6) is 0 Å². The molecule has 112 valence electrons. The van der Waals surface area contributed by atoms with E-state index in [2.05, 4.69) is 34.2 Å². The van der Waals surface area contributed by atoms with Gasteiger partial charge in [-0.05, 0) is 44.1 Å². The molecule has 1 spiro atoms. The first-order chi connectivity index (χ1) is 9.69. The lowest BCUT2D eigenvalue weighted by Crippen LogP contribution is -2.49. The maximum Gasteiger partial charge on any atom is 0.149 e. The van der Waals surface area contributed by atoms with Gasteiger partial charge in [0.1, 0.15) is 12.2 Å². The molecule has 1 aromatic rings. The van der Waals surface area contributed by atoms with Crippen molar-refractivity contribution in [2.45, 2.75) is 50.3 Å². The molecule has 0 aromatic carbocycles. The van der Waals surface area contributed by atoms with Gasteiger partial charge in [-0.15, -0.1) is 10.2 Å². The lowest BCUT2D eigenvalue weighted by atomic mass is 9.85. The summed E-state index contributed by atoms with van der Waals surface area (Å²) in [6, 6.07) is 0.763. The van der Waals surface area contributed by atoms with E-state index in [9.17, 15) is 0 Å². The van der Waals surface area contributed by atoms with Gasteiger partial charge in [0.15, 0.2) is 0 Å². The molecule has 3 rings (SSSR count). The Bertz CT molecular complexity index is 439. The number of aromatic nitrogens is 3. The average Bonchev–Trinajstić information content (AvgIpc) is 2.86. The molecule has 2 unspecified atom stereocenters. The summed E-state index contributed by atoms with van der Waals surface area (Å²) in [5.41, 5.74) is 0.140. The first-order valence-electron chi connectivity index (χ1n) is 7.50. The highest BCUT2D eigenvalue weighted by atomic mass is 32.2. The molecule has 2 aliphatic heterocycles. The zero-order valence-corrected chi connectivity index (χ0v) is 13.2. The number of hydrogen-bond acceptors (Lipinski definition) is 5. The predicted octanol–water partition coefficient (Wildman–Crippen LogP) is 1.91. The van der Waals surface area contributed by atoms with E-state index in [1.165, 1.54) is 24.3 Å². The fraction of sp³-hybridized carbons (Fsp3) is 0.857. The van der Waals surface area contributed by atoms with Crippen LogP contribution in [0.4, 0.5) is 0 Å². The standard InChI is InChI=1S/C14H24N4OS/c1-11(13-17-15-10-18(13)2)16-12-3-6-19-14(9-12)4-7-20-8-5-14/h10-12,16H,3-9H2,1-2H3. The van der Waals surface area contributed by atoms with E-state index in [1.54, 1.807) is 6.33 Å². The lowest BCUT2D eigenvalue weighted by Gasteiger charge is -2.44. The molecule has 0 radical (unpaired) electrons. The van der Waals surface area contributed by atoms with Crippen LogP contribution in [-0.2, 0) is 11.8 Å². The van der Waals surface area contributed by atoms with Crippen LogP contribution in [0, 0.1) is 0 Å². The zero-order valence-electron chi connectivity index (χ0n) is 12.3. The van der Waals surface area contributed by atoms with E-state index in [4.69, 9.17) is 4.74 Å². The smallest absolute Gasteiger partial charge is 0.149 e. The average molecular weight is 296 g/mol. The van der Waals surface area contributed by atoms with Gasteiger partial charge in [0.25, 0.3) is 0 Å². The van der Waals surface area contributed by atoms with Crippen LogP contribution in [0.25, 0.3) is 0 Å². The molecule has 1 aromatic heterocycles. The number of nitrogens with one attached hydrogen (secondary N) is 1. The quantitative estimate of drug-likeness (QED) is 0.923. The third-order valence-electron chi connectivity index (χ3n) is 4.52. The molecule has 0 bridgehead atoms. The van der Waals surface area contributed by atoms with Gasteiger partial charge in [0.05, 0.1) is 11.6 Å². The fourth-order valence-electron chi connectivity index (χ4n) is 3.37. The molecule has 0 saturated carbocycles. The molecule has 2 aliphatic rings. The van der Waals surface area contributed by atoms with E-state index in [0.717, 1.165) is 25.3 Å². The Labute approximate surface area is 124 Å². The van der Waals surface area contributed by atoms with Crippen molar-refractivity contribution in [2.75, 3.05) is 18.1 Å². The van der Waals surface area contributed by atoms with Gasteiger partial charge in [0.2, 0.25) is 0 Å². The SMILES string of the molecule is CC(NC1CCOC2(CCSCC2)C1)c1nncn1C. The summed E-state index contributed by atoms with van der Waals surface area (Å²) < 4.78 is 8.14. The number of nitrogens with zero attached hydrogens (tertiary/aromatic N) is 3. The summed E-state index contributed by atoms with van der Waals surface area (Å²) in [6.45, 7) is 3.05. The Hall–Kier alpha value is -0.590. The van der Waals surface area contributed by atoms with E-state index in [1.807, 2.05) is 11.6 Å². The molecule has 0 amide bonds. The van der Waals surface area contributed by atoms with E-state index in [0.29, 0.717) is 6.04 Å². The van der Waals surface area contributed by atoms with Gasteiger partial charge in [-0.1, -0.05) is 0 Å². The Kier molecular flexibility index (Phi) is 4.33. The zero-order chi connectivity index (χ0) is 14.0. The van der Waals surface area contributed by atoms with Crippen molar-refractivity contribution in [3.05, 3.63) is 12.2 Å². The summed E-state index contributed by atoms with van der Waals surface area (Å²) >= 11 is 2.06. The minimum absolute atomic E-state index is 0.140. The van der Waals surface area contributed by atoms with Gasteiger partial charge < -0.3 is 14.6 Å². The second-order valence-electron chi connectivity index (χ2n) is 6.02. The third kappa shape index (κ3) is 3.02. The van der Waals surface area contributed by atoms with E-state index < -0.39 is 0 Å². The van der Waals surface area contributed by atoms with Crippen LogP contribution in [0.3, 0.4) is 0 Å². The van der Waals surface area contributed by atoms with E-state index >= 15 is 0 Å². The molecule has 0 aliphatic carbocycles. The largest absolute Gasteiger partial charge is 0.375 e. The summed E-state index contributed by atoms with van der Waals surface area (Å²) in [7, 11) is 2.00. The molecule has 20 heavy (non-hydrogen) atoms. The monoisotopic (exact) mass is 296 g/mol. The highest BCUT2D eigenvalue weighted by Gasteiger charge is 2.39. The highest BCUT2D eigenvalue weighted by Crippen LogP contribution is 2.37. The van der Waals surface area contributed by atoms with Crippen molar-refractivity contribution in [1.29, 1.82) is 0 Å². The number of thioether (sulfide) groups is 1. The van der Waals surface area contributed by atoms with Crippen LogP contribution in [0.15, 0.2) is 6.33 Å². The Morgan fingerprint density at radius 1 is 1.50 bits per heavy atom. The summed E-state index contributed by atoms with van der Waals surface area (Å²) in [5.74, 6) is 3.49. The number of rotatable bonds is 3. The van der Waals surface area contributed by atoms with Crippen molar-refractivity contribution in [2.24, 2.45) is 7.05 Å². The lowest BCUT2D eigenvalue weighted by molar-refractivity contribution is -0.0941. The van der Waals surface area contributed by atoms with Gasteiger partial charge >= 0.3 is 0 Å². The molecule has 2 atom stereocenters. The molecule has 2 fully saturated rings. The molecule has 3 heterocycles. The van der Waals surface area contributed by atoms with Crippen molar-refractivity contribution >= 4 is 11.8 Å². The maximum absolute atomic E-state index is 6.15. The number of aryl methyl sites for hydroxylation is 1.